The monoisotopic (exact) mass is 272 g/mol. The maximum absolute atomic E-state index is 11.7. The zero-order valence-electron chi connectivity index (χ0n) is 9.80. The highest BCUT2D eigenvalue weighted by Gasteiger charge is 2.22. The first-order chi connectivity index (χ1) is 7.83. The molecule has 1 unspecified atom stereocenters. The first-order valence-corrected chi connectivity index (χ1v) is 7.12. The van der Waals surface area contributed by atoms with Gasteiger partial charge < -0.3 is 5.73 Å². The lowest BCUT2D eigenvalue weighted by Gasteiger charge is -2.12. The molecule has 0 aliphatic carbocycles. The van der Waals surface area contributed by atoms with E-state index in [1.807, 2.05) is 31.2 Å². The van der Waals surface area contributed by atoms with Crippen LogP contribution in [0.15, 0.2) is 24.3 Å². The second-order valence-corrected chi connectivity index (χ2v) is 6.45. The molecular formula is C11H16N2O2S2. The van der Waals surface area contributed by atoms with Crippen molar-refractivity contribution < 1.29 is 8.42 Å². The third kappa shape index (κ3) is 4.07. The highest BCUT2D eigenvalue weighted by atomic mass is 32.2. The molecule has 0 radical (unpaired) electrons. The van der Waals surface area contributed by atoms with E-state index in [1.54, 1.807) is 0 Å². The molecule has 0 saturated carbocycles. The Bertz CT molecular complexity index is 495. The number of nitrogens with one attached hydrogen (secondary N) is 1. The van der Waals surface area contributed by atoms with Crippen LogP contribution < -0.4 is 10.5 Å². The minimum atomic E-state index is -3.48. The van der Waals surface area contributed by atoms with Crippen LogP contribution in [0.2, 0.25) is 0 Å². The van der Waals surface area contributed by atoms with Gasteiger partial charge in [0.15, 0.2) is 0 Å². The molecule has 0 heterocycles. The highest BCUT2D eigenvalue weighted by molar-refractivity contribution is 7.93. The fraction of sp³-hybridized carbons (Fsp3) is 0.364. The van der Waals surface area contributed by atoms with Gasteiger partial charge in [-0.15, -0.1) is 0 Å². The average molecular weight is 272 g/mol. The molecule has 4 nitrogen and oxygen atoms in total. The zero-order chi connectivity index (χ0) is 13.1. The Labute approximate surface area is 107 Å². The number of aryl methyl sites for hydroxylation is 1. The molecule has 17 heavy (non-hydrogen) atoms. The molecule has 1 aromatic rings. The quantitative estimate of drug-likeness (QED) is 0.787. The topological polar surface area (TPSA) is 72.2 Å². The molecule has 0 bridgehead atoms. The number of sulfonamides is 1. The van der Waals surface area contributed by atoms with E-state index in [-0.39, 0.29) is 11.5 Å². The Morgan fingerprint density at radius 2 is 1.94 bits per heavy atom. The number of hydrogen-bond donors (Lipinski definition) is 2. The van der Waals surface area contributed by atoms with Crippen molar-refractivity contribution in [1.82, 2.24) is 4.72 Å². The van der Waals surface area contributed by atoms with Crippen LogP contribution in [-0.2, 0) is 16.6 Å². The van der Waals surface area contributed by atoms with E-state index >= 15 is 0 Å². The van der Waals surface area contributed by atoms with E-state index in [0.717, 1.165) is 11.1 Å². The van der Waals surface area contributed by atoms with Gasteiger partial charge in [-0.25, -0.2) is 13.1 Å². The fourth-order valence-electron chi connectivity index (χ4n) is 1.17. The van der Waals surface area contributed by atoms with Crippen molar-refractivity contribution in [2.24, 2.45) is 5.73 Å². The van der Waals surface area contributed by atoms with E-state index in [4.69, 9.17) is 5.73 Å². The summed E-state index contributed by atoms with van der Waals surface area (Å²) in [6.45, 7) is 3.69. The Morgan fingerprint density at radius 3 is 2.41 bits per heavy atom. The fourth-order valence-corrected chi connectivity index (χ4v) is 2.47. The van der Waals surface area contributed by atoms with Crippen LogP contribution >= 0.6 is 12.2 Å². The van der Waals surface area contributed by atoms with Crippen LogP contribution in [0.3, 0.4) is 0 Å². The Hall–Kier alpha value is -0.980. The van der Waals surface area contributed by atoms with Crippen LogP contribution in [0, 0.1) is 6.92 Å². The van der Waals surface area contributed by atoms with Crippen molar-refractivity contribution in [3.05, 3.63) is 35.4 Å². The van der Waals surface area contributed by atoms with Crippen LogP contribution in [-0.4, -0.2) is 18.7 Å². The summed E-state index contributed by atoms with van der Waals surface area (Å²) in [5.41, 5.74) is 7.35. The summed E-state index contributed by atoms with van der Waals surface area (Å²) >= 11 is 4.67. The van der Waals surface area contributed by atoms with E-state index in [1.165, 1.54) is 6.92 Å². The minimum absolute atomic E-state index is 0.0265. The van der Waals surface area contributed by atoms with Crippen molar-refractivity contribution in [2.45, 2.75) is 25.6 Å². The molecule has 0 spiro atoms. The van der Waals surface area contributed by atoms with Crippen molar-refractivity contribution in [1.29, 1.82) is 0 Å². The van der Waals surface area contributed by atoms with Gasteiger partial charge in [0.2, 0.25) is 10.0 Å². The number of benzene rings is 1. The third-order valence-electron chi connectivity index (χ3n) is 2.46. The molecule has 1 atom stereocenters. The van der Waals surface area contributed by atoms with Crippen LogP contribution in [0.25, 0.3) is 0 Å². The van der Waals surface area contributed by atoms with Crippen LogP contribution in [0.5, 0.6) is 0 Å². The third-order valence-corrected chi connectivity index (χ3v) is 4.70. The van der Waals surface area contributed by atoms with Crippen LogP contribution in [0.1, 0.15) is 18.1 Å². The van der Waals surface area contributed by atoms with Gasteiger partial charge in [-0.3, -0.25) is 0 Å². The first-order valence-electron chi connectivity index (χ1n) is 5.16. The molecule has 0 saturated heterocycles. The summed E-state index contributed by atoms with van der Waals surface area (Å²) in [7, 11) is -3.48. The predicted octanol–water partition coefficient (Wildman–Crippen LogP) is 1.09. The first kappa shape index (κ1) is 14.1. The van der Waals surface area contributed by atoms with Gasteiger partial charge in [0.25, 0.3) is 0 Å². The van der Waals surface area contributed by atoms with Gasteiger partial charge in [-0.2, -0.15) is 0 Å². The van der Waals surface area contributed by atoms with Gasteiger partial charge in [0.1, 0.15) is 5.25 Å². The Morgan fingerprint density at radius 1 is 1.41 bits per heavy atom. The summed E-state index contributed by atoms with van der Waals surface area (Å²) in [4.78, 5) is -0.0265. The molecule has 6 heteroatoms. The van der Waals surface area contributed by atoms with Gasteiger partial charge in [0, 0.05) is 6.54 Å². The zero-order valence-corrected chi connectivity index (χ0v) is 11.4. The molecule has 94 valence electrons. The summed E-state index contributed by atoms with van der Waals surface area (Å²) < 4.78 is 25.9. The van der Waals surface area contributed by atoms with E-state index < -0.39 is 15.3 Å². The molecular weight excluding hydrogens is 256 g/mol. The molecule has 3 N–H and O–H groups in total. The van der Waals surface area contributed by atoms with Crippen molar-refractivity contribution in [2.75, 3.05) is 0 Å². The van der Waals surface area contributed by atoms with Gasteiger partial charge in [0.05, 0.1) is 4.99 Å². The Balaban J connectivity index is 2.68. The normalized spacial score (nSPS) is 13.3. The molecule has 0 fully saturated rings. The molecule has 0 aliphatic rings. The second kappa shape index (κ2) is 5.57. The summed E-state index contributed by atoms with van der Waals surface area (Å²) in [5.74, 6) is 0. The molecule has 0 aliphatic heterocycles. The number of hydrogen-bond acceptors (Lipinski definition) is 3. The lowest BCUT2D eigenvalue weighted by molar-refractivity contribution is 0.578. The average Bonchev–Trinajstić information content (AvgIpc) is 2.27. The molecule has 0 amide bonds. The van der Waals surface area contributed by atoms with E-state index in [2.05, 4.69) is 16.9 Å². The lowest BCUT2D eigenvalue weighted by atomic mass is 10.2. The highest BCUT2D eigenvalue weighted by Crippen LogP contribution is 2.05. The van der Waals surface area contributed by atoms with E-state index in [0.29, 0.717) is 0 Å². The Kier molecular flexibility index (Phi) is 4.62. The standard InChI is InChI=1S/C11H16N2O2S2/c1-8-3-5-10(6-4-8)7-13-17(14,15)9(2)11(12)16/h3-6,9,13H,7H2,1-2H3,(H2,12,16). The maximum Gasteiger partial charge on any atom is 0.221 e. The van der Waals surface area contributed by atoms with Crippen LogP contribution in [0.4, 0.5) is 0 Å². The maximum atomic E-state index is 11.7. The predicted molar refractivity (Wildman–Crippen MR) is 73.2 cm³/mol. The van der Waals surface area contributed by atoms with Crippen molar-refractivity contribution >= 4 is 27.2 Å². The van der Waals surface area contributed by atoms with Gasteiger partial charge in [-0.05, 0) is 19.4 Å². The molecule has 0 aromatic heterocycles. The largest absolute Gasteiger partial charge is 0.392 e. The smallest absolute Gasteiger partial charge is 0.221 e. The van der Waals surface area contributed by atoms with Gasteiger partial charge in [-0.1, -0.05) is 42.0 Å². The second-order valence-electron chi connectivity index (χ2n) is 3.90. The minimum Gasteiger partial charge on any atom is -0.392 e. The number of nitrogens with two attached hydrogens (primary N) is 1. The summed E-state index contributed by atoms with van der Waals surface area (Å²) in [6.07, 6.45) is 0. The summed E-state index contributed by atoms with van der Waals surface area (Å²) in [6, 6.07) is 7.62. The molecule has 1 rings (SSSR count). The molecule has 1 aromatic carbocycles. The van der Waals surface area contributed by atoms with Gasteiger partial charge >= 0.3 is 0 Å². The number of rotatable bonds is 5. The SMILES string of the molecule is Cc1ccc(CNS(=O)(=O)C(C)C(N)=S)cc1. The summed E-state index contributed by atoms with van der Waals surface area (Å²) in [5, 5.41) is -0.858. The van der Waals surface area contributed by atoms with Crippen molar-refractivity contribution in [3.8, 4) is 0 Å². The van der Waals surface area contributed by atoms with E-state index in [9.17, 15) is 8.42 Å². The number of thiocarbonyl (C=S) groups is 1. The lowest BCUT2D eigenvalue weighted by Crippen LogP contribution is -2.39. The van der Waals surface area contributed by atoms with Crippen molar-refractivity contribution in [3.63, 3.8) is 0 Å².